The van der Waals surface area contributed by atoms with Crippen molar-refractivity contribution in [2.24, 2.45) is 11.7 Å². The molecule has 0 radical (unpaired) electrons. The number of piperidine rings is 1. The molecule has 9 nitrogen and oxygen atoms in total. The number of primary amides is 1. The predicted molar refractivity (Wildman–Crippen MR) is 118 cm³/mol. The minimum atomic E-state index is -3.65. The Bertz CT molecular complexity index is 1170. The number of sulfone groups is 1. The molecule has 2 aromatic carbocycles. The van der Waals surface area contributed by atoms with Crippen molar-refractivity contribution in [1.82, 2.24) is 25.1 Å². The van der Waals surface area contributed by atoms with E-state index in [4.69, 9.17) is 5.73 Å². The van der Waals surface area contributed by atoms with Crippen LogP contribution < -0.4 is 5.73 Å². The topological polar surface area (TPSA) is 124 Å². The largest absolute Gasteiger partial charge is 0.369 e. The number of benzene rings is 2. The number of amides is 1. The molecule has 10 heteroatoms. The van der Waals surface area contributed by atoms with Crippen LogP contribution in [0.5, 0.6) is 0 Å². The van der Waals surface area contributed by atoms with Crippen molar-refractivity contribution < 1.29 is 13.2 Å². The van der Waals surface area contributed by atoms with E-state index in [9.17, 15) is 13.2 Å². The summed E-state index contributed by atoms with van der Waals surface area (Å²) >= 11 is 0. The molecule has 1 amide bonds. The number of tetrazole rings is 1. The second-order valence-electron chi connectivity index (χ2n) is 8.12. The van der Waals surface area contributed by atoms with E-state index in [1.54, 1.807) is 24.3 Å². The highest BCUT2D eigenvalue weighted by atomic mass is 32.2. The number of aryl methyl sites for hydroxylation is 1. The molecule has 1 saturated heterocycles. The quantitative estimate of drug-likeness (QED) is 0.576. The first-order valence-corrected chi connectivity index (χ1v) is 12.1. The standard InChI is InChI=1S/C22H26N6O3S/c1-16-7-9-19(10-8-16)32(30,31)15-28-22(24-25-26-28)20(17-5-3-2-4-6-17)27-13-11-18(12-14-27)21(23)29/h2-10,18,20H,11-15H2,1H3,(H2,23,29)/t20-/m0/s1. The van der Waals surface area contributed by atoms with Crippen molar-refractivity contribution in [2.45, 2.75) is 36.6 Å². The van der Waals surface area contributed by atoms with E-state index in [1.807, 2.05) is 37.3 Å². The van der Waals surface area contributed by atoms with Gasteiger partial charge in [0.2, 0.25) is 5.91 Å². The number of nitrogens with two attached hydrogens (primary N) is 1. The van der Waals surface area contributed by atoms with E-state index < -0.39 is 9.84 Å². The highest BCUT2D eigenvalue weighted by molar-refractivity contribution is 7.90. The fraction of sp³-hybridized carbons (Fsp3) is 0.364. The van der Waals surface area contributed by atoms with E-state index in [0.29, 0.717) is 31.8 Å². The third-order valence-electron chi connectivity index (χ3n) is 5.89. The zero-order valence-electron chi connectivity index (χ0n) is 17.8. The Labute approximate surface area is 187 Å². The van der Waals surface area contributed by atoms with Crippen molar-refractivity contribution >= 4 is 15.7 Å². The van der Waals surface area contributed by atoms with Crippen LogP contribution in [0.1, 0.15) is 35.8 Å². The summed E-state index contributed by atoms with van der Waals surface area (Å²) < 4.78 is 27.4. The van der Waals surface area contributed by atoms with E-state index in [-0.39, 0.29) is 28.6 Å². The summed E-state index contributed by atoms with van der Waals surface area (Å²) in [6, 6.07) is 16.1. The molecule has 2 heterocycles. The fourth-order valence-corrected chi connectivity index (χ4v) is 5.29. The number of aromatic nitrogens is 4. The average molecular weight is 455 g/mol. The molecule has 2 N–H and O–H groups in total. The van der Waals surface area contributed by atoms with E-state index in [2.05, 4.69) is 20.4 Å². The number of likely N-dealkylation sites (tertiary alicyclic amines) is 1. The maximum Gasteiger partial charge on any atom is 0.220 e. The van der Waals surface area contributed by atoms with E-state index in [1.165, 1.54) is 4.68 Å². The van der Waals surface area contributed by atoms with Crippen molar-refractivity contribution in [3.8, 4) is 0 Å². The van der Waals surface area contributed by atoms with Crippen LogP contribution >= 0.6 is 0 Å². The van der Waals surface area contributed by atoms with Crippen LogP contribution in [0.4, 0.5) is 0 Å². The zero-order chi connectivity index (χ0) is 22.7. The maximum atomic E-state index is 13.0. The van der Waals surface area contributed by atoms with Crippen LogP contribution in [-0.2, 0) is 20.5 Å². The number of rotatable bonds is 7. The highest BCUT2D eigenvalue weighted by Crippen LogP contribution is 2.31. The Balaban J connectivity index is 1.66. The first-order valence-electron chi connectivity index (χ1n) is 10.5. The van der Waals surface area contributed by atoms with Crippen LogP contribution in [0, 0.1) is 12.8 Å². The number of hydrogen-bond acceptors (Lipinski definition) is 7. The minimum absolute atomic E-state index is 0.152. The second-order valence-corrected chi connectivity index (χ2v) is 10.1. The average Bonchev–Trinajstić information content (AvgIpc) is 3.22. The van der Waals surface area contributed by atoms with E-state index in [0.717, 1.165) is 11.1 Å². The normalized spacial score (nSPS) is 16.7. The Kier molecular flexibility index (Phi) is 6.33. The minimum Gasteiger partial charge on any atom is -0.369 e. The molecule has 1 atom stereocenters. The Morgan fingerprint density at radius 1 is 1.09 bits per heavy atom. The van der Waals surface area contributed by atoms with Gasteiger partial charge < -0.3 is 5.73 Å². The van der Waals surface area contributed by atoms with Crippen LogP contribution in [0.3, 0.4) is 0 Å². The van der Waals surface area contributed by atoms with Gasteiger partial charge in [-0.25, -0.2) is 13.1 Å². The van der Waals surface area contributed by atoms with Gasteiger partial charge in [-0.2, -0.15) is 0 Å². The van der Waals surface area contributed by atoms with Crippen molar-refractivity contribution in [3.05, 3.63) is 71.5 Å². The summed E-state index contributed by atoms with van der Waals surface area (Å²) in [6.45, 7) is 3.16. The Morgan fingerprint density at radius 3 is 2.38 bits per heavy atom. The molecule has 0 bridgehead atoms. The van der Waals surface area contributed by atoms with E-state index >= 15 is 0 Å². The lowest BCUT2D eigenvalue weighted by Gasteiger charge is -2.36. The van der Waals surface area contributed by atoms with Gasteiger partial charge >= 0.3 is 0 Å². The van der Waals surface area contributed by atoms with Crippen LogP contribution in [-0.4, -0.2) is 52.5 Å². The van der Waals surface area contributed by atoms with Gasteiger partial charge in [0, 0.05) is 5.92 Å². The molecule has 0 saturated carbocycles. The molecule has 32 heavy (non-hydrogen) atoms. The molecular formula is C22H26N6O3S. The second kappa shape index (κ2) is 9.17. The summed E-state index contributed by atoms with van der Waals surface area (Å²) in [5.74, 6) is -0.348. The lowest BCUT2D eigenvalue weighted by molar-refractivity contribution is -0.123. The van der Waals surface area contributed by atoms with Crippen LogP contribution in [0.15, 0.2) is 59.5 Å². The molecule has 1 aliphatic heterocycles. The molecule has 0 aliphatic carbocycles. The van der Waals surface area contributed by atoms with Crippen molar-refractivity contribution in [3.63, 3.8) is 0 Å². The molecule has 168 valence electrons. The zero-order valence-corrected chi connectivity index (χ0v) is 18.6. The predicted octanol–water partition coefficient (Wildman–Crippen LogP) is 1.70. The van der Waals surface area contributed by atoms with Gasteiger partial charge in [0.05, 0.1) is 10.9 Å². The summed E-state index contributed by atoms with van der Waals surface area (Å²) in [6.07, 6.45) is 1.28. The summed E-state index contributed by atoms with van der Waals surface area (Å²) in [7, 11) is -3.65. The Morgan fingerprint density at radius 2 is 1.75 bits per heavy atom. The summed E-state index contributed by atoms with van der Waals surface area (Å²) in [5, 5.41) is 12.0. The van der Waals surface area contributed by atoms with Gasteiger partial charge in [0.25, 0.3) is 0 Å². The molecule has 4 rings (SSSR count). The molecule has 0 unspecified atom stereocenters. The molecule has 1 fully saturated rings. The third kappa shape index (κ3) is 4.71. The van der Waals surface area contributed by atoms with Gasteiger partial charge in [0.1, 0.15) is 0 Å². The highest BCUT2D eigenvalue weighted by Gasteiger charge is 2.33. The van der Waals surface area contributed by atoms with Gasteiger partial charge in [0.15, 0.2) is 21.5 Å². The third-order valence-corrected chi connectivity index (χ3v) is 7.46. The molecule has 1 aromatic heterocycles. The Hall–Kier alpha value is -3.11. The molecule has 1 aliphatic rings. The summed E-state index contributed by atoms with van der Waals surface area (Å²) in [4.78, 5) is 14.0. The van der Waals surface area contributed by atoms with Gasteiger partial charge in [-0.3, -0.25) is 9.69 Å². The van der Waals surface area contributed by atoms with Gasteiger partial charge in [-0.05, 0) is 61.0 Å². The molecule has 3 aromatic rings. The smallest absolute Gasteiger partial charge is 0.220 e. The first kappa shape index (κ1) is 22.1. The molecule has 0 spiro atoms. The molecular weight excluding hydrogens is 428 g/mol. The number of carbonyl (C=O) groups excluding carboxylic acids is 1. The van der Waals surface area contributed by atoms with Crippen LogP contribution in [0.25, 0.3) is 0 Å². The number of nitrogens with zero attached hydrogens (tertiary/aromatic N) is 5. The summed E-state index contributed by atoms with van der Waals surface area (Å²) in [5.41, 5.74) is 7.43. The van der Waals surface area contributed by atoms with Crippen molar-refractivity contribution in [2.75, 3.05) is 13.1 Å². The monoisotopic (exact) mass is 454 g/mol. The lowest BCUT2D eigenvalue weighted by Crippen LogP contribution is -2.41. The number of hydrogen-bond donors (Lipinski definition) is 1. The van der Waals surface area contributed by atoms with Crippen LogP contribution in [0.2, 0.25) is 0 Å². The van der Waals surface area contributed by atoms with Gasteiger partial charge in [-0.15, -0.1) is 5.10 Å². The maximum absolute atomic E-state index is 13.0. The van der Waals surface area contributed by atoms with Gasteiger partial charge in [-0.1, -0.05) is 48.0 Å². The lowest BCUT2D eigenvalue weighted by atomic mass is 9.93. The van der Waals surface area contributed by atoms with Crippen molar-refractivity contribution in [1.29, 1.82) is 0 Å². The fourth-order valence-electron chi connectivity index (χ4n) is 4.08. The SMILES string of the molecule is Cc1ccc(S(=O)(=O)Cn2nnnc2[C@H](c2ccccc2)N2CCC(C(N)=O)CC2)cc1. The number of carbonyl (C=O) groups is 1. The first-order chi connectivity index (χ1) is 15.3.